The molecule has 40 heavy (non-hydrogen) atoms. The molecule has 0 unspecified atom stereocenters. The zero-order chi connectivity index (χ0) is 28.7. The van der Waals surface area contributed by atoms with E-state index in [1.165, 1.54) is 36.8 Å². The predicted octanol–water partition coefficient (Wildman–Crippen LogP) is 7.60. The molecule has 0 atom stereocenters. The van der Waals surface area contributed by atoms with Crippen LogP contribution in [0.3, 0.4) is 0 Å². The Morgan fingerprint density at radius 3 is 2.67 bits per heavy atom. The topological polar surface area (TPSA) is 84.8 Å². The van der Waals surface area contributed by atoms with Gasteiger partial charge in [-0.15, -0.1) is 11.3 Å². The Labute approximate surface area is 245 Å². The van der Waals surface area contributed by atoms with Crippen LogP contribution in [0.2, 0.25) is 5.02 Å². The van der Waals surface area contributed by atoms with Gasteiger partial charge in [-0.3, -0.25) is 4.79 Å². The predicted molar refractivity (Wildman–Crippen MR) is 153 cm³/mol. The van der Waals surface area contributed by atoms with Gasteiger partial charge in [-0.25, -0.2) is 10.4 Å². The number of rotatable bonds is 10. The van der Waals surface area contributed by atoms with Gasteiger partial charge in [0.1, 0.15) is 6.61 Å². The number of methoxy groups -OCH3 is 1. The summed E-state index contributed by atoms with van der Waals surface area (Å²) in [4.78, 5) is 16.6. The number of nitrogens with one attached hydrogen (secondary N) is 2. The number of aromatic nitrogens is 1. The van der Waals surface area contributed by atoms with Crippen LogP contribution in [0.15, 0.2) is 75.6 Å². The summed E-state index contributed by atoms with van der Waals surface area (Å²) in [7, 11) is 1.49. The molecule has 3 aromatic carbocycles. The van der Waals surface area contributed by atoms with Crippen molar-refractivity contribution in [2.75, 3.05) is 12.4 Å². The molecule has 4 rings (SSSR count). The van der Waals surface area contributed by atoms with Gasteiger partial charge in [0.05, 0.1) is 36.0 Å². The summed E-state index contributed by atoms with van der Waals surface area (Å²) in [5.41, 5.74) is 3.84. The summed E-state index contributed by atoms with van der Waals surface area (Å²) < 4.78 is 51.0. The second kappa shape index (κ2) is 13.2. The normalized spacial score (nSPS) is 11.4. The number of benzene rings is 3. The fourth-order valence-corrected chi connectivity index (χ4v) is 4.68. The molecule has 0 aliphatic carbocycles. The summed E-state index contributed by atoms with van der Waals surface area (Å²) in [6.07, 6.45) is -3.12. The molecule has 0 bridgehead atoms. The van der Waals surface area contributed by atoms with E-state index in [1.807, 2.05) is 24.3 Å². The number of ether oxygens (including phenoxy) is 2. The average Bonchev–Trinajstić information content (AvgIpc) is 3.34. The van der Waals surface area contributed by atoms with Crippen LogP contribution in [0.1, 0.15) is 22.4 Å². The highest BCUT2D eigenvalue weighted by molar-refractivity contribution is 9.10. The Morgan fingerprint density at radius 1 is 1.18 bits per heavy atom. The van der Waals surface area contributed by atoms with Gasteiger partial charge >= 0.3 is 6.18 Å². The molecular weight excluding hydrogens is 633 g/mol. The summed E-state index contributed by atoms with van der Waals surface area (Å²) in [5, 5.41) is 9.09. The SMILES string of the molecule is COc1cc(/C=N\NC(=O)Cc2csc(Nc3cccc(C(F)(F)F)c3)n2)cc(Cl)c1OCc1ccc(Br)cc1. The third-order valence-electron chi connectivity index (χ3n) is 5.29. The maximum atomic E-state index is 12.9. The highest BCUT2D eigenvalue weighted by Crippen LogP contribution is 2.37. The molecule has 1 aromatic heterocycles. The first-order chi connectivity index (χ1) is 19.1. The first kappa shape index (κ1) is 29.4. The highest BCUT2D eigenvalue weighted by Gasteiger charge is 2.30. The number of hydrogen-bond acceptors (Lipinski definition) is 7. The van der Waals surface area contributed by atoms with Crippen molar-refractivity contribution in [1.29, 1.82) is 0 Å². The summed E-state index contributed by atoms with van der Waals surface area (Å²) in [6, 6.07) is 15.8. The zero-order valence-electron chi connectivity index (χ0n) is 20.8. The van der Waals surface area contributed by atoms with Gasteiger partial charge in [0.25, 0.3) is 0 Å². The number of thiazole rings is 1. The monoisotopic (exact) mass is 652 g/mol. The van der Waals surface area contributed by atoms with Gasteiger partial charge < -0.3 is 14.8 Å². The number of anilines is 2. The van der Waals surface area contributed by atoms with Gasteiger partial charge in [-0.2, -0.15) is 18.3 Å². The Hall–Kier alpha value is -3.61. The van der Waals surface area contributed by atoms with Crippen molar-refractivity contribution in [3.05, 3.63) is 97.9 Å². The average molecular weight is 654 g/mol. The van der Waals surface area contributed by atoms with Gasteiger partial charge in [0, 0.05) is 15.5 Å². The lowest BCUT2D eigenvalue weighted by Crippen LogP contribution is -2.19. The fourth-order valence-electron chi connectivity index (χ4n) is 3.42. The quantitative estimate of drug-likeness (QED) is 0.136. The van der Waals surface area contributed by atoms with Crippen molar-refractivity contribution in [1.82, 2.24) is 10.4 Å². The molecule has 13 heteroatoms. The molecule has 0 saturated carbocycles. The number of hydrogen-bond donors (Lipinski definition) is 2. The molecule has 208 valence electrons. The summed E-state index contributed by atoms with van der Waals surface area (Å²) >= 11 is 11.0. The van der Waals surface area contributed by atoms with Crippen LogP contribution in [0.4, 0.5) is 24.0 Å². The largest absolute Gasteiger partial charge is 0.493 e. The fraction of sp³-hybridized carbons (Fsp3) is 0.148. The van der Waals surface area contributed by atoms with Crippen molar-refractivity contribution in [3.8, 4) is 11.5 Å². The molecule has 2 N–H and O–H groups in total. The maximum Gasteiger partial charge on any atom is 0.416 e. The van der Waals surface area contributed by atoms with E-state index in [0.29, 0.717) is 39.5 Å². The molecular formula is C27H21BrClF3N4O3S. The van der Waals surface area contributed by atoms with Gasteiger partial charge in [0.2, 0.25) is 5.91 Å². The van der Waals surface area contributed by atoms with E-state index in [0.717, 1.165) is 22.2 Å². The van der Waals surface area contributed by atoms with Crippen molar-refractivity contribution in [2.24, 2.45) is 5.10 Å². The Kier molecular flexibility index (Phi) is 9.67. The molecule has 0 saturated heterocycles. The number of amides is 1. The van der Waals surface area contributed by atoms with Crippen molar-refractivity contribution >= 4 is 61.8 Å². The lowest BCUT2D eigenvalue weighted by atomic mass is 10.2. The third-order valence-corrected chi connectivity index (χ3v) is 6.90. The minimum Gasteiger partial charge on any atom is -0.493 e. The van der Waals surface area contributed by atoms with E-state index < -0.39 is 17.6 Å². The standard InChI is InChI=1S/C27H21BrClF3N4O3S/c1-38-23-10-17(9-22(29)25(23)39-14-16-5-7-19(28)8-6-16)13-33-36-24(37)12-21-15-40-26(35-21)34-20-4-2-3-18(11-20)27(30,31)32/h2-11,13,15H,12,14H2,1H3,(H,34,35)(H,36,37)/b33-13-. The van der Waals surface area contributed by atoms with E-state index in [1.54, 1.807) is 17.5 Å². The van der Waals surface area contributed by atoms with Gasteiger partial charge in [-0.05, 0) is 53.6 Å². The lowest BCUT2D eigenvalue weighted by Gasteiger charge is -2.13. The van der Waals surface area contributed by atoms with Gasteiger partial charge in [0.15, 0.2) is 16.6 Å². The van der Waals surface area contributed by atoms with Gasteiger partial charge in [-0.1, -0.05) is 45.7 Å². The van der Waals surface area contributed by atoms with Crippen LogP contribution in [-0.4, -0.2) is 24.2 Å². The lowest BCUT2D eigenvalue weighted by molar-refractivity contribution is -0.137. The Morgan fingerprint density at radius 2 is 1.95 bits per heavy atom. The molecule has 1 amide bonds. The molecule has 7 nitrogen and oxygen atoms in total. The van der Waals surface area contributed by atoms with Crippen LogP contribution in [0, 0.1) is 0 Å². The Bertz CT molecular complexity index is 1510. The number of nitrogens with zero attached hydrogens (tertiary/aromatic N) is 2. The first-order valence-electron chi connectivity index (χ1n) is 11.6. The van der Waals surface area contributed by atoms with E-state index in [2.05, 4.69) is 36.8 Å². The van der Waals surface area contributed by atoms with Crippen LogP contribution >= 0.6 is 38.9 Å². The molecule has 0 radical (unpaired) electrons. The number of carbonyl (C=O) groups is 1. The summed E-state index contributed by atoms with van der Waals surface area (Å²) in [6.45, 7) is 0.292. The number of alkyl halides is 3. The Balaban J connectivity index is 1.32. The first-order valence-corrected chi connectivity index (χ1v) is 13.6. The third kappa shape index (κ3) is 8.20. The van der Waals surface area contributed by atoms with Crippen molar-refractivity contribution in [2.45, 2.75) is 19.2 Å². The number of hydrazone groups is 1. The smallest absolute Gasteiger partial charge is 0.416 e. The molecule has 0 aliphatic heterocycles. The molecule has 0 aliphatic rings. The molecule has 1 heterocycles. The van der Waals surface area contributed by atoms with Crippen LogP contribution < -0.4 is 20.2 Å². The van der Waals surface area contributed by atoms with E-state index >= 15 is 0 Å². The van der Waals surface area contributed by atoms with Crippen molar-refractivity contribution < 1.29 is 27.4 Å². The van der Waals surface area contributed by atoms with E-state index in [9.17, 15) is 18.0 Å². The molecule has 4 aromatic rings. The number of carbonyl (C=O) groups excluding carboxylic acids is 1. The van der Waals surface area contributed by atoms with Crippen LogP contribution in [0.5, 0.6) is 11.5 Å². The second-order valence-corrected chi connectivity index (χ2v) is 10.4. The minimum atomic E-state index is -4.45. The van der Waals surface area contributed by atoms with E-state index in [4.69, 9.17) is 21.1 Å². The molecule has 0 fully saturated rings. The number of halogens is 5. The zero-order valence-corrected chi connectivity index (χ0v) is 23.9. The van der Waals surface area contributed by atoms with E-state index in [-0.39, 0.29) is 12.1 Å². The minimum absolute atomic E-state index is 0.0783. The molecule has 0 spiro atoms. The van der Waals surface area contributed by atoms with Crippen LogP contribution in [-0.2, 0) is 24.0 Å². The van der Waals surface area contributed by atoms with Crippen molar-refractivity contribution in [3.63, 3.8) is 0 Å². The maximum absolute atomic E-state index is 12.9. The second-order valence-electron chi connectivity index (χ2n) is 8.27. The highest BCUT2D eigenvalue weighted by atomic mass is 79.9. The van der Waals surface area contributed by atoms with Crippen LogP contribution in [0.25, 0.3) is 0 Å². The summed E-state index contributed by atoms with van der Waals surface area (Å²) in [5.74, 6) is 0.353.